The molecular formula is C12H11BrN4. The van der Waals surface area contributed by atoms with Gasteiger partial charge in [-0.3, -0.25) is 4.68 Å². The van der Waals surface area contributed by atoms with E-state index in [0.717, 1.165) is 32.5 Å². The van der Waals surface area contributed by atoms with E-state index in [-0.39, 0.29) is 0 Å². The Labute approximate surface area is 107 Å². The average Bonchev–Trinajstić information content (AvgIpc) is 2.80. The van der Waals surface area contributed by atoms with Crippen LogP contribution in [-0.4, -0.2) is 19.7 Å². The molecular weight excluding hydrogens is 280 g/mol. The van der Waals surface area contributed by atoms with Crippen LogP contribution in [0.4, 0.5) is 0 Å². The summed E-state index contributed by atoms with van der Waals surface area (Å²) in [5.74, 6) is 0. The van der Waals surface area contributed by atoms with Gasteiger partial charge in [0, 0.05) is 34.9 Å². The average molecular weight is 291 g/mol. The zero-order chi connectivity index (χ0) is 12.0. The number of fused-ring (bicyclic) bond motifs is 1. The van der Waals surface area contributed by atoms with Gasteiger partial charge < -0.3 is 4.98 Å². The van der Waals surface area contributed by atoms with Crippen LogP contribution in [0.15, 0.2) is 29.0 Å². The number of nitrogens with one attached hydrogen (secondary N) is 1. The fraction of sp³-hybridized carbons (Fsp3) is 0.167. The first-order valence-corrected chi connectivity index (χ1v) is 6.07. The molecule has 0 aliphatic heterocycles. The number of aromatic nitrogens is 4. The molecule has 5 heteroatoms. The van der Waals surface area contributed by atoms with E-state index < -0.39 is 0 Å². The van der Waals surface area contributed by atoms with Gasteiger partial charge in [0.25, 0.3) is 0 Å². The number of aryl methyl sites for hydroxylation is 2. The summed E-state index contributed by atoms with van der Waals surface area (Å²) in [5.41, 5.74) is 4.07. The van der Waals surface area contributed by atoms with E-state index in [1.54, 1.807) is 6.20 Å². The molecule has 0 amide bonds. The summed E-state index contributed by atoms with van der Waals surface area (Å²) < 4.78 is 2.80. The Morgan fingerprint density at radius 3 is 2.88 bits per heavy atom. The first kappa shape index (κ1) is 10.5. The highest BCUT2D eigenvalue weighted by atomic mass is 79.9. The Kier molecular flexibility index (Phi) is 2.29. The molecule has 0 aliphatic carbocycles. The molecule has 0 saturated heterocycles. The Morgan fingerprint density at radius 2 is 2.18 bits per heavy atom. The maximum atomic E-state index is 4.34. The van der Waals surface area contributed by atoms with Gasteiger partial charge in [0.05, 0.1) is 11.4 Å². The number of rotatable bonds is 1. The zero-order valence-corrected chi connectivity index (χ0v) is 11.1. The molecule has 1 N–H and O–H groups in total. The standard InChI is InChI=1S/C12H11BrN4/c1-7-10(6-17(2)16-7)11-4-8-3-9(13)5-14-12(8)15-11/h3-6H,1-2H3,(H,14,15). The number of pyridine rings is 1. The molecule has 0 unspecified atom stereocenters. The van der Waals surface area contributed by atoms with Crippen molar-refractivity contribution in [3.05, 3.63) is 34.7 Å². The Balaban J connectivity index is 2.21. The van der Waals surface area contributed by atoms with Crippen LogP contribution in [0.1, 0.15) is 5.69 Å². The predicted molar refractivity (Wildman–Crippen MR) is 70.7 cm³/mol. The second-order valence-electron chi connectivity index (χ2n) is 4.08. The number of H-pyrrole nitrogens is 1. The van der Waals surface area contributed by atoms with E-state index in [4.69, 9.17) is 0 Å². The number of aromatic amines is 1. The van der Waals surface area contributed by atoms with Gasteiger partial charge >= 0.3 is 0 Å². The first-order valence-electron chi connectivity index (χ1n) is 5.28. The second-order valence-corrected chi connectivity index (χ2v) is 4.99. The van der Waals surface area contributed by atoms with Crippen LogP contribution in [0.25, 0.3) is 22.3 Å². The number of hydrogen-bond donors (Lipinski definition) is 1. The van der Waals surface area contributed by atoms with Crippen LogP contribution in [0.3, 0.4) is 0 Å². The third-order valence-corrected chi connectivity index (χ3v) is 3.17. The monoisotopic (exact) mass is 290 g/mol. The highest BCUT2D eigenvalue weighted by Gasteiger charge is 2.09. The third-order valence-electron chi connectivity index (χ3n) is 2.74. The SMILES string of the molecule is Cc1nn(C)cc1-c1cc2cc(Br)cnc2[nH]1. The Bertz CT molecular complexity index is 696. The smallest absolute Gasteiger partial charge is 0.137 e. The van der Waals surface area contributed by atoms with E-state index in [1.807, 2.05) is 30.9 Å². The summed E-state index contributed by atoms with van der Waals surface area (Å²) in [4.78, 5) is 7.64. The fourth-order valence-electron chi connectivity index (χ4n) is 2.00. The summed E-state index contributed by atoms with van der Waals surface area (Å²) in [6.45, 7) is 2.00. The maximum absolute atomic E-state index is 4.34. The van der Waals surface area contributed by atoms with E-state index in [1.165, 1.54) is 0 Å². The topological polar surface area (TPSA) is 46.5 Å². The van der Waals surface area contributed by atoms with Crippen molar-refractivity contribution in [2.24, 2.45) is 7.05 Å². The number of halogens is 1. The van der Waals surface area contributed by atoms with E-state index in [9.17, 15) is 0 Å². The van der Waals surface area contributed by atoms with Gasteiger partial charge in [-0.1, -0.05) is 0 Å². The van der Waals surface area contributed by atoms with Gasteiger partial charge in [0.1, 0.15) is 5.65 Å². The van der Waals surface area contributed by atoms with Crippen molar-refractivity contribution in [3.8, 4) is 11.3 Å². The molecule has 0 bridgehead atoms. The quantitative estimate of drug-likeness (QED) is 0.749. The molecule has 4 nitrogen and oxygen atoms in total. The minimum atomic E-state index is 0.895. The normalized spacial score (nSPS) is 11.2. The molecule has 0 radical (unpaired) electrons. The lowest BCUT2D eigenvalue weighted by molar-refractivity contribution is 0.756. The highest BCUT2D eigenvalue weighted by Crippen LogP contribution is 2.26. The maximum Gasteiger partial charge on any atom is 0.137 e. The Hall–Kier alpha value is -1.62. The van der Waals surface area contributed by atoms with Gasteiger partial charge in [-0.15, -0.1) is 0 Å². The fourth-order valence-corrected chi connectivity index (χ4v) is 2.35. The molecule has 0 saturated carbocycles. The van der Waals surface area contributed by atoms with Crippen molar-refractivity contribution < 1.29 is 0 Å². The van der Waals surface area contributed by atoms with Crippen molar-refractivity contribution in [3.63, 3.8) is 0 Å². The lowest BCUT2D eigenvalue weighted by Crippen LogP contribution is -1.86. The van der Waals surface area contributed by atoms with Crippen molar-refractivity contribution >= 4 is 27.0 Å². The van der Waals surface area contributed by atoms with Crippen LogP contribution in [0.5, 0.6) is 0 Å². The van der Waals surface area contributed by atoms with Crippen molar-refractivity contribution in [1.29, 1.82) is 0 Å². The van der Waals surface area contributed by atoms with Crippen molar-refractivity contribution in [2.75, 3.05) is 0 Å². The minimum Gasteiger partial charge on any atom is -0.339 e. The molecule has 0 aliphatic rings. The third kappa shape index (κ3) is 1.76. The summed E-state index contributed by atoms with van der Waals surface area (Å²) in [6.07, 6.45) is 3.80. The second kappa shape index (κ2) is 3.70. The molecule has 0 atom stereocenters. The Morgan fingerprint density at radius 1 is 1.35 bits per heavy atom. The lowest BCUT2D eigenvalue weighted by atomic mass is 10.2. The van der Waals surface area contributed by atoms with Crippen molar-refractivity contribution in [1.82, 2.24) is 19.7 Å². The van der Waals surface area contributed by atoms with Crippen LogP contribution >= 0.6 is 15.9 Å². The molecule has 0 fully saturated rings. The summed E-state index contributed by atoms with van der Waals surface area (Å²) in [7, 11) is 1.92. The summed E-state index contributed by atoms with van der Waals surface area (Å²) in [5, 5.41) is 5.44. The zero-order valence-electron chi connectivity index (χ0n) is 9.53. The first-order chi connectivity index (χ1) is 8.13. The van der Waals surface area contributed by atoms with Gasteiger partial charge in [0.15, 0.2) is 0 Å². The molecule has 3 aromatic rings. The summed E-state index contributed by atoms with van der Waals surface area (Å²) >= 11 is 3.42. The van der Waals surface area contributed by atoms with Gasteiger partial charge in [-0.05, 0) is 35.0 Å². The molecule has 86 valence electrons. The van der Waals surface area contributed by atoms with E-state index in [0.29, 0.717) is 0 Å². The van der Waals surface area contributed by atoms with Gasteiger partial charge in [0.2, 0.25) is 0 Å². The molecule has 3 heterocycles. The minimum absolute atomic E-state index is 0.895. The van der Waals surface area contributed by atoms with Crippen molar-refractivity contribution in [2.45, 2.75) is 6.92 Å². The number of hydrogen-bond acceptors (Lipinski definition) is 2. The number of nitrogens with zero attached hydrogens (tertiary/aromatic N) is 3. The summed E-state index contributed by atoms with van der Waals surface area (Å²) in [6, 6.07) is 4.14. The molecule has 0 aromatic carbocycles. The lowest BCUT2D eigenvalue weighted by Gasteiger charge is -1.91. The van der Waals surface area contributed by atoms with Crippen LogP contribution in [0.2, 0.25) is 0 Å². The predicted octanol–water partition coefficient (Wildman–Crippen LogP) is 3.03. The molecule has 3 aromatic heterocycles. The largest absolute Gasteiger partial charge is 0.339 e. The molecule has 0 spiro atoms. The highest BCUT2D eigenvalue weighted by molar-refractivity contribution is 9.10. The van der Waals surface area contributed by atoms with Gasteiger partial charge in [-0.2, -0.15) is 5.10 Å². The van der Waals surface area contributed by atoms with E-state index >= 15 is 0 Å². The van der Waals surface area contributed by atoms with Crippen LogP contribution in [0, 0.1) is 6.92 Å². The van der Waals surface area contributed by atoms with Crippen LogP contribution in [-0.2, 0) is 7.05 Å². The van der Waals surface area contributed by atoms with Gasteiger partial charge in [-0.25, -0.2) is 4.98 Å². The molecule has 3 rings (SSSR count). The van der Waals surface area contributed by atoms with E-state index in [2.05, 4.69) is 37.1 Å². The van der Waals surface area contributed by atoms with Crippen LogP contribution < -0.4 is 0 Å². The molecule has 17 heavy (non-hydrogen) atoms.